The fraction of sp³-hybridized carbons (Fsp3) is 0.138. The highest BCUT2D eigenvalue weighted by Crippen LogP contribution is 2.22. The second-order valence-electron chi connectivity index (χ2n) is 8.50. The molecule has 0 saturated carbocycles. The third-order valence-corrected chi connectivity index (χ3v) is 5.68. The number of aromatic nitrogens is 1. The minimum absolute atomic E-state index is 0.0889. The van der Waals surface area contributed by atoms with Gasteiger partial charge in [0.2, 0.25) is 0 Å². The summed E-state index contributed by atoms with van der Waals surface area (Å²) >= 11 is 0. The average Bonchev–Trinajstić information content (AvgIpc) is 2.90. The molecule has 0 bridgehead atoms. The molecule has 0 atom stereocenters. The van der Waals surface area contributed by atoms with Crippen LogP contribution in [0.15, 0.2) is 83.7 Å². The normalized spacial score (nSPS) is 10.6. The number of nitrogens with one attached hydrogen (secondary N) is 1. The molecule has 3 aromatic carbocycles. The van der Waals surface area contributed by atoms with E-state index < -0.39 is 23.0 Å². The number of pyridine rings is 1. The lowest BCUT2D eigenvalue weighted by Gasteiger charge is -2.14. The molecule has 0 spiro atoms. The van der Waals surface area contributed by atoms with Crippen LogP contribution in [0.3, 0.4) is 0 Å². The maximum atomic E-state index is 14.2. The standard InChI is InChI=1S/C29H25F2N3O5/c1-18(35)39-23-8-4-20(5-9-23)33-15-2-16-38-22-10-6-21(7-11-22)34-27(36)14-13-25(29(34)32)28(37)24-12-3-19(30)17-26(24)31/h3-14,17,33H,2,15-16,32H2,1H3. The van der Waals surface area contributed by atoms with Crippen LogP contribution in [0.5, 0.6) is 11.5 Å². The third kappa shape index (κ3) is 6.67. The first-order valence-corrected chi connectivity index (χ1v) is 12.0. The van der Waals surface area contributed by atoms with E-state index in [0.29, 0.717) is 42.8 Å². The number of nitrogen functional groups attached to an aromatic ring is 1. The van der Waals surface area contributed by atoms with Crippen molar-refractivity contribution in [2.75, 3.05) is 24.2 Å². The van der Waals surface area contributed by atoms with Crippen LogP contribution >= 0.6 is 0 Å². The van der Waals surface area contributed by atoms with Crippen LogP contribution in [0.25, 0.3) is 5.69 Å². The van der Waals surface area contributed by atoms with E-state index in [4.69, 9.17) is 15.2 Å². The van der Waals surface area contributed by atoms with Gasteiger partial charge in [0.15, 0.2) is 5.78 Å². The van der Waals surface area contributed by atoms with Gasteiger partial charge in [-0.3, -0.25) is 19.0 Å². The molecule has 0 unspecified atom stereocenters. The van der Waals surface area contributed by atoms with Gasteiger partial charge in [0.25, 0.3) is 5.56 Å². The van der Waals surface area contributed by atoms with Crippen LogP contribution in [-0.2, 0) is 4.79 Å². The zero-order valence-electron chi connectivity index (χ0n) is 20.9. The Morgan fingerprint density at radius 1 is 0.897 bits per heavy atom. The van der Waals surface area contributed by atoms with Gasteiger partial charge in [0.1, 0.15) is 29.0 Å². The molecular formula is C29H25F2N3O5. The highest BCUT2D eigenvalue weighted by atomic mass is 19.1. The molecule has 0 aliphatic carbocycles. The molecule has 1 aromatic heterocycles. The van der Waals surface area contributed by atoms with Crippen molar-refractivity contribution in [3.05, 3.63) is 112 Å². The molecule has 0 saturated heterocycles. The number of anilines is 2. The van der Waals surface area contributed by atoms with Crippen molar-refractivity contribution in [1.29, 1.82) is 0 Å². The highest BCUT2D eigenvalue weighted by Gasteiger charge is 2.20. The predicted molar refractivity (Wildman–Crippen MR) is 143 cm³/mol. The van der Waals surface area contributed by atoms with Gasteiger partial charge in [0.05, 0.1) is 23.4 Å². The van der Waals surface area contributed by atoms with E-state index in [1.807, 2.05) is 12.1 Å². The molecule has 8 nitrogen and oxygen atoms in total. The van der Waals surface area contributed by atoms with Crippen LogP contribution in [-0.4, -0.2) is 29.5 Å². The van der Waals surface area contributed by atoms with Crippen LogP contribution in [0.2, 0.25) is 0 Å². The quantitative estimate of drug-likeness (QED) is 0.131. The lowest BCUT2D eigenvalue weighted by atomic mass is 10.0. The van der Waals surface area contributed by atoms with Gasteiger partial charge in [-0.2, -0.15) is 0 Å². The number of nitrogens with two attached hydrogens (primary N) is 1. The Morgan fingerprint density at radius 2 is 1.56 bits per heavy atom. The van der Waals surface area contributed by atoms with Gasteiger partial charge >= 0.3 is 5.97 Å². The van der Waals surface area contributed by atoms with Crippen molar-refractivity contribution in [2.24, 2.45) is 0 Å². The lowest BCUT2D eigenvalue weighted by molar-refractivity contribution is -0.131. The lowest BCUT2D eigenvalue weighted by Crippen LogP contribution is -2.23. The van der Waals surface area contributed by atoms with E-state index in [0.717, 1.165) is 28.5 Å². The summed E-state index contributed by atoms with van der Waals surface area (Å²) in [6.07, 6.45) is 0.698. The fourth-order valence-electron chi connectivity index (χ4n) is 3.82. The summed E-state index contributed by atoms with van der Waals surface area (Å²) in [5.41, 5.74) is 6.48. The fourth-order valence-corrected chi connectivity index (χ4v) is 3.82. The van der Waals surface area contributed by atoms with Gasteiger partial charge < -0.3 is 20.5 Å². The van der Waals surface area contributed by atoms with Gasteiger partial charge in [0, 0.05) is 31.3 Å². The molecule has 0 radical (unpaired) electrons. The zero-order chi connectivity index (χ0) is 27.9. The second kappa shape index (κ2) is 12.0. The van der Waals surface area contributed by atoms with E-state index in [9.17, 15) is 23.2 Å². The van der Waals surface area contributed by atoms with Gasteiger partial charge in [-0.15, -0.1) is 0 Å². The maximum absolute atomic E-state index is 14.2. The molecule has 0 fully saturated rings. The Kier molecular flexibility index (Phi) is 8.35. The van der Waals surface area contributed by atoms with Crippen LogP contribution < -0.4 is 26.1 Å². The Hall–Kier alpha value is -4.99. The molecule has 4 aromatic rings. The number of nitrogens with zero attached hydrogens (tertiary/aromatic N) is 1. The third-order valence-electron chi connectivity index (χ3n) is 5.68. The van der Waals surface area contributed by atoms with E-state index in [-0.39, 0.29) is 22.9 Å². The first-order chi connectivity index (χ1) is 18.7. The molecule has 0 aliphatic rings. The van der Waals surface area contributed by atoms with E-state index in [1.54, 1.807) is 36.4 Å². The molecule has 3 N–H and O–H groups in total. The second-order valence-corrected chi connectivity index (χ2v) is 8.50. The van der Waals surface area contributed by atoms with E-state index >= 15 is 0 Å². The van der Waals surface area contributed by atoms with Crippen LogP contribution in [0.4, 0.5) is 20.3 Å². The van der Waals surface area contributed by atoms with Crippen LogP contribution in [0, 0.1) is 11.6 Å². The molecule has 10 heteroatoms. The highest BCUT2D eigenvalue weighted by molar-refractivity contribution is 6.11. The van der Waals surface area contributed by atoms with Gasteiger partial charge in [-0.25, -0.2) is 8.78 Å². The molecule has 4 rings (SSSR count). The first-order valence-electron chi connectivity index (χ1n) is 12.0. The summed E-state index contributed by atoms with van der Waals surface area (Å²) in [5.74, 6) is -2.11. The summed E-state index contributed by atoms with van der Waals surface area (Å²) < 4.78 is 39.3. The van der Waals surface area contributed by atoms with Crippen LogP contribution in [0.1, 0.15) is 29.3 Å². The molecule has 0 amide bonds. The van der Waals surface area contributed by atoms with E-state index in [2.05, 4.69) is 5.32 Å². The van der Waals surface area contributed by atoms with Crippen molar-refractivity contribution < 1.29 is 27.8 Å². The molecule has 0 aliphatic heterocycles. The minimum atomic E-state index is -1.02. The smallest absolute Gasteiger partial charge is 0.308 e. The topological polar surface area (TPSA) is 113 Å². The average molecular weight is 534 g/mol. The summed E-state index contributed by atoms with van der Waals surface area (Å²) in [5, 5.41) is 3.24. The number of hydrogen-bond donors (Lipinski definition) is 2. The Bertz CT molecular complexity index is 1550. The Balaban J connectivity index is 1.36. The largest absolute Gasteiger partial charge is 0.494 e. The van der Waals surface area contributed by atoms with Crippen molar-refractivity contribution >= 4 is 23.3 Å². The van der Waals surface area contributed by atoms with Crippen molar-refractivity contribution in [1.82, 2.24) is 4.57 Å². The number of carbonyl (C=O) groups excluding carboxylic acids is 2. The summed E-state index contributed by atoms with van der Waals surface area (Å²) in [6.45, 7) is 2.41. The number of benzene rings is 3. The number of ether oxygens (including phenoxy) is 2. The number of halogens is 2. The molecule has 39 heavy (non-hydrogen) atoms. The number of esters is 1. The summed E-state index contributed by atoms with van der Waals surface area (Å²) in [7, 11) is 0. The number of hydrogen-bond acceptors (Lipinski definition) is 7. The SMILES string of the molecule is CC(=O)Oc1ccc(NCCCOc2ccc(-n3c(N)c(C(=O)c4ccc(F)cc4F)ccc3=O)cc2)cc1. The number of carbonyl (C=O) groups is 2. The van der Waals surface area contributed by atoms with Gasteiger partial charge in [-0.05, 0) is 73.2 Å². The number of ketones is 1. The van der Waals surface area contributed by atoms with Gasteiger partial charge in [-0.1, -0.05) is 0 Å². The monoisotopic (exact) mass is 533 g/mol. The molecule has 200 valence electrons. The predicted octanol–water partition coefficient (Wildman–Crippen LogP) is 4.74. The van der Waals surface area contributed by atoms with Crippen molar-refractivity contribution in [3.63, 3.8) is 0 Å². The molecular weight excluding hydrogens is 508 g/mol. The zero-order valence-corrected chi connectivity index (χ0v) is 20.9. The first kappa shape index (κ1) is 27.1. The minimum Gasteiger partial charge on any atom is -0.494 e. The molecule has 1 heterocycles. The summed E-state index contributed by atoms with van der Waals surface area (Å²) in [4.78, 5) is 36.4. The van der Waals surface area contributed by atoms with E-state index in [1.165, 1.54) is 13.0 Å². The van der Waals surface area contributed by atoms with Crippen molar-refractivity contribution in [2.45, 2.75) is 13.3 Å². The summed E-state index contributed by atoms with van der Waals surface area (Å²) in [6, 6.07) is 18.6. The Labute approximate surface area is 222 Å². The number of rotatable bonds is 10. The van der Waals surface area contributed by atoms with Crippen molar-refractivity contribution in [3.8, 4) is 17.2 Å². The Morgan fingerprint density at radius 3 is 2.23 bits per heavy atom. The maximum Gasteiger partial charge on any atom is 0.308 e.